The first-order valence-corrected chi connectivity index (χ1v) is 10.6. The van der Waals surface area contributed by atoms with Crippen LogP contribution in [0, 0.1) is 17.5 Å². The molecule has 1 heterocycles. The van der Waals surface area contributed by atoms with Crippen molar-refractivity contribution >= 4 is 29.1 Å². The van der Waals surface area contributed by atoms with Gasteiger partial charge in [0.2, 0.25) is 0 Å². The molecule has 174 valence electrons. The largest absolute Gasteiger partial charge is 0.682 e. The SMILES string of the molecule is NN/C(=C\[N-]C1C(O)[C@@H](Sc2ccc(Cl)cc2)OC(CO)[C@@H]1O)c1cc(F)c(F)c(F)c1. The number of hydrogen-bond donors (Lipinski definition) is 5. The fourth-order valence-electron chi connectivity index (χ4n) is 3.06. The lowest BCUT2D eigenvalue weighted by atomic mass is 9.97. The quantitative estimate of drug-likeness (QED) is 0.229. The van der Waals surface area contributed by atoms with Crippen LogP contribution in [0.15, 0.2) is 47.5 Å². The van der Waals surface area contributed by atoms with Crippen molar-refractivity contribution in [1.29, 1.82) is 0 Å². The molecule has 0 amide bonds. The number of nitrogens with zero attached hydrogens (tertiary/aromatic N) is 1. The van der Waals surface area contributed by atoms with Gasteiger partial charge in [0.05, 0.1) is 18.8 Å². The van der Waals surface area contributed by atoms with E-state index in [0.717, 1.165) is 18.0 Å². The highest BCUT2D eigenvalue weighted by atomic mass is 35.5. The van der Waals surface area contributed by atoms with Gasteiger partial charge in [-0.05, 0) is 36.4 Å². The van der Waals surface area contributed by atoms with Crippen molar-refractivity contribution in [2.24, 2.45) is 5.84 Å². The van der Waals surface area contributed by atoms with Crippen LogP contribution in [0.1, 0.15) is 5.56 Å². The van der Waals surface area contributed by atoms with Gasteiger partial charge in [-0.25, -0.2) is 13.2 Å². The Balaban J connectivity index is 1.82. The maximum atomic E-state index is 13.6. The lowest BCUT2D eigenvalue weighted by Crippen LogP contribution is -2.56. The molecule has 3 rings (SSSR count). The number of aliphatic hydroxyl groups excluding tert-OH is 3. The second-order valence-corrected chi connectivity index (χ2v) is 8.47. The molecule has 3 unspecified atom stereocenters. The molecule has 1 aliphatic heterocycles. The monoisotopic (exact) mass is 490 g/mol. The fraction of sp³-hybridized carbons (Fsp3) is 0.300. The first kappa shape index (κ1) is 24.6. The van der Waals surface area contributed by atoms with Gasteiger partial charge in [-0.3, -0.25) is 5.84 Å². The minimum atomic E-state index is -1.63. The molecule has 0 aromatic heterocycles. The van der Waals surface area contributed by atoms with Crippen LogP contribution in [0.25, 0.3) is 11.0 Å². The van der Waals surface area contributed by atoms with E-state index in [9.17, 15) is 28.5 Å². The highest BCUT2D eigenvalue weighted by Gasteiger charge is 2.40. The average molecular weight is 491 g/mol. The van der Waals surface area contributed by atoms with Gasteiger partial charge in [0, 0.05) is 21.2 Å². The molecular formula is C20H20ClF3N3O4S-. The van der Waals surface area contributed by atoms with Crippen LogP contribution in [0.3, 0.4) is 0 Å². The molecule has 6 N–H and O–H groups in total. The van der Waals surface area contributed by atoms with Crippen LogP contribution in [-0.2, 0) is 4.74 Å². The number of benzene rings is 2. The zero-order valence-electron chi connectivity index (χ0n) is 16.3. The van der Waals surface area contributed by atoms with Crippen LogP contribution in [0.5, 0.6) is 0 Å². The maximum Gasteiger partial charge on any atom is 0.194 e. The molecule has 1 saturated heterocycles. The molecule has 0 spiro atoms. The summed E-state index contributed by atoms with van der Waals surface area (Å²) in [5.41, 5.74) is 1.04. The third-order valence-electron chi connectivity index (χ3n) is 4.74. The van der Waals surface area contributed by atoms with Crippen LogP contribution in [-0.4, -0.2) is 51.7 Å². The standard InChI is InChI=1S/C20H20ClF3N3O4S/c21-10-1-3-11(4-2-10)32-20-19(30)17(18(29)15(8-28)31-20)26-7-14(27-25)9-5-12(22)16(24)13(23)6-9/h1-7,15,17-20,27-30H,8,25H2/q-1/b14-7-/t15?,17?,18-,19?,20+/m0/s1. The number of nitrogens with two attached hydrogens (primary N) is 1. The first-order chi connectivity index (χ1) is 15.2. The fourth-order valence-corrected chi connectivity index (χ4v) is 4.24. The Morgan fingerprint density at radius 3 is 2.34 bits per heavy atom. The predicted octanol–water partition coefficient (Wildman–Crippen LogP) is 2.49. The molecule has 7 nitrogen and oxygen atoms in total. The van der Waals surface area contributed by atoms with Gasteiger partial charge in [0.1, 0.15) is 11.5 Å². The van der Waals surface area contributed by atoms with Crippen molar-refractivity contribution in [3.8, 4) is 0 Å². The van der Waals surface area contributed by atoms with Gasteiger partial charge >= 0.3 is 0 Å². The predicted molar refractivity (Wildman–Crippen MR) is 114 cm³/mol. The molecule has 0 saturated carbocycles. The molecular weight excluding hydrogens is 471 g/mol. The van der Waals surface area contributed by atoms with Crippen molar-refractivity contribution in [3.05, 3.63) is 76.0 Å². The maximum absolute atomic E-state index is 13.6. The molecule has 32 heavy (non-hydrogen) atoms. The Bertz CT molecular complexity index is 947. The minimum Gasteiger partial charge on any atom is -0.682 e. The summed E-state index contributed by atoms with van der Waals surface area (Å²) >= 11 is 7.01. The third-order valence-corrected chi connectivity index (χ3v) is 6.16. The van der Waals surface area contributed by atoms with Crippen molar-refractivity contribution < 1.29 is 33.2 Å². The lowest BCUT2D eigenvalue weighted by molar-refractivity contribution is -0.154. The Kier molecular flexibility index (Phi) is 8.28. The Morgan fingerprint density at radius 2 is 1.78 bits per heavy atom. The van der Waals surface area contributed by atoms with Gasteiger partial charge in [-0.2, -0.15) is 6.20 Å². The van der Waals surface area contributed by atoms with E-state index in [1.807, 2.05) is 0 Å². The van der Waals surface area contributed by atoms with E-state index < -0.39 is 53.8 Å². The number of ether oxygens (including phenoxy) is 1. The van der Waals surface area contributed by atoms with E-state index in [1.165, 1.54) is 0 Å². The highest BCUT2D eigenvalue weighted by Crippen LogP contribution is 2.36. The van der Waals surface area contributed by atoms with Crippen LogP contribution < -0.4 is 11.3 Å². The number of hydrogen-bond acceptors (Lipinski definition) is 7. The molecule has 2 aromatic rings. The van der Waals surface area contributed by atoms with Crippen molar-refractivity contribution in [2.75, 3.05) is 6.61 Å². The zero-order valence-corrected chi connectivity index (χ0v) is 17.9. The smallest absolute Gasteiger partial charge is 0.194 e. The van der Waals surface area contributed by atoms with E-state index in [-0.39, 0.29) is 11.3 Å². The van der Waals surface area contributed by atoms with E-state index in [0.29, 0.717) is 22.1 Å². The Labute approximate surface area is 191 Å². The van der Waals surface area contributed by atoms with Crippen molar-refractivity contribution in [1.82, 2.24) is 5.43 Å². The summed E-state index contributed by atoms with van der Waals surface area (Å²) in [7, 11) is 0. The molecule has 1 fully saturated rings. The van der Waals surface area contributed by atoms with E-state index in [2.05, 4.69) is 10.7 Å². The zero-order chi connectivity index (χ0) is 23.4. The average Bonchev–Trinajstić information content (AvgIpc) is 2.77. The number of hydrazine groups is 1. The second kappa shape index (κ2) is 10.8. The first-order valence-electron chi connectivity index (χ1n) is 9.31. The summed E-state index contributed by atoms with van der Waals surface area (Å²) in [4.78, 5) is 0.711. The second-order valence-electron chi connectivity index (χ2n) is 6.86. The van der Waals surface area contributed by atoms with Crippen LogP contribution >= 0.6 is 23.4 Å². The molecule has 5 atom stereocenters. The number of rotatable bonds is 7. The number of nitrogens with one attached hydrogen (secondary N) is 1. The summed E-state index contributed by atoms with van der Waals surface area (Å²) in [6, 6.07) is 6.98. The molecule has 0 aliphatic carbocycles. The van der Waals surface area contributed by atoms with Gasteiger partial charge in [0.25, 0.3) is 0 Å². The Morgan fingerprint density at radius 1 is 1.16 bits per heavy atom. The highest BCUT2D eigenvalue weighted by molar-refractivity contribution is 7.99. The molecule has 0 radical (unpaired) electrons. The van der Waals surface area contributed by atoms with Crippen molar-refractivity contribution in [2.45, 2.75) is 34.7 Å². The van der Waals surface area contributed by atoms with Crippen molar-refractivity contribution in [3.63, 3.8) is 0 Å². The Hall–Kier alpha value is -1.99. The van der Waals surface area contributed by atoms with Crippen LogP contribution in [0.4, 0.5) is 13.2 Å². The topological polar surface area (TPSA) is 122 Å². The normalized spacial score (nSPS) is 26.1. The van der Waals surface area contributed by atoms with E-state index in [4.69, 9.17) is 22.2 Å². The molecule has 12 heteroatoms. The third kappa shape index (κ3) is 5.49. The van der Waals surface area contributed by atoms with E-state index >= 15 is 0 Å². The summed E-state index contributed by atoms with van der Waals surface area (Å²) < 4.78 is 45.9. The summed E-state index contributed by atoms with van der Waals surface area (Å²) in [6.45, 7) is -0.544. The van der Waals surface area contributed by atoms with Crippen LogP contribution in [0.2, 0.25) is 5.02 Å². The molecule has 0 bridgehead atoms. The lowest BCUT2D eigenvalue weighted by Gasteiger charge is -2.48. The van der Waals surface area contributed by atoms with Gasteiger partial charge in [-0.15, -0.1) is 0 Å². The number of thioether (sulfide) groups is 1. The van der Waals surface area contributed by atoms with E-state index in [1.54, 1.807) is 24.3 Å². The summed E-state index contributed by atoms with van der Waals surface area (Å²) in [5, 5.41) is 35.4. The van der Waals surface area contributed by atoms with Gasteiger partial charge < -0.3 is 30.8 Å². The summed E-state index contributed by atoms with van der Waals surface area (Å²) in [5.74, 6) is 0.919. The molecule has 1 aliphatic rings. The van der Waals surface area contributed by atoms with Gasteiger partial charge in [0.15, 0.2) is 17.5 Å². The number of aliphatic hydroxyl groups is 3. The van der Waals surface area contributed by atoms with Gasteiger partial charge in [-0.1, -0.05) is 29.4 Å². The number of halogens is 4. The minimum absolute atomic E-state index is 0.101. The molecule has 2 aromatic carbocycles. The summed E-state index contributed by atoms with van der Waals surface area (Å²) in [6.07, 6.45) is -2.73.